The number of carbonyl (C=O) groups excluding carboxylic acids is 1. The van der Waals surface area contributed by atoms with Gasteiger partial charge < -0.3 is 5.32 Å². The molecule has 0 spiro atoms. The Morgan fingerprint density at radius 2 is 2.39 bits per heavy atom. The predicted molar refractivity (Wildman–Crippen MR) is 70.1 cm³/mol. The maximum atomic E-state index is 11.4. The molecule has 0 radical (unpaired) electrons. The van der Waals surface area contributed by atoms with Crippen LogP contribution in [0.4, 0.5) is 0 Å². The van der Waals surface area contributed by atoms with E-state index in [-0.39, 0.29) is 5.91 Å². The van der Waals surface area contributed by atoms with Gasteiger partial charge in [-0.05, 0) is 19.1 Å². The van der Waals surface area contributed by atoms with Crippen LogP contribution in [-0.4, -0.2) is 32.9 Å². The first-order valence-electron chi connectivity index (χ1n) is 5.49. The van der Waals surface area contributed by atoms with Crippen LogP contribution in [-0.2, 0) is 6.54 Å². The summed E-state index contributed by atoms with van der Waals surface area (Å²) in [6.07, 6.45) is 7.06. The monoisotopic (exact) mass is 263 g/mol. The third-order valence-electron chi connectivity index (χ3n) is 2.25. The highest BCUT2D eigenvalue weighted by Gasteiger charge is 2.06. The maximum Gasteiger partial charge on any atom is 0.262 e. The van der Waals surface area contributed by atoms with Crippen molar-refractivity contribution >= 4 is 29.4 Å². The summed E-state index contributed by atoms with van der Waals surface area (Å²) in [5.41, 5.74) is 0.772. The molecule has 0 saturated carbocycles. The molecule has 1 N–H and O–H groups in total. The third kappa shape index (κ3) is 2.80. The first-order chi connectivity index (χ1) is 8.72. The SMILES string of the molecule is CCn1cc(/C=C/c2ncc(C(=O)NC)s2)nn1. The van der Waals surface area contributed by atoms with E-state index >= 15 is 0 Å². The van der Waals surface area contributed by atoms with Gasteiger partial charge in [-0.3, -0.25) is 9.48 Å². The number of amides is 1. The summed E-state index contributed by atoms with van der Waals surface area (Å²) in [5.74, 6) is -0.121. The van der Waals surface area contributed by atoms with Gasteiger partial charge >= 0.3 is 0 Å². The number of nitrogens with one attached hydrogen (secondary N) is 1. The van der Waals surface area contributed by atoms with Gasteiger partial charge in [-0.2, -0.15) is 0 Å². The average Bonchev–Trinajstić information content (AvgIpc) is 3.04. The van der Waals surface area contributed by atoms with Gasteiger partial charge in [-0.25, -0.2) is 4.98 Å². The highest BCUT2D eigenvalue weighted by molar-refractivity contribution is 7.14. The summed E-state index contributed by atoms with van der Waals surface area (Å²) in [5, 5.41) is 11.2. The van der Waals surface area contributed by atoms with E-state index in [2.05, 4.69) is 20.6 Å². The minimum absolute atomic E-state index is 0.121. The Hall–Kier alpha value is -2.02. The average molecular weight is 263 g/mol. The molecular formula is C11H13N5OS. The summed E-state index contributed by atoms with van der Waals surface area (Å²) in [6, 6.07) is 0. The molecule has 7 heteroatoms. The molecule has 0 atom stereocenters. The Kier molecular flexibility index (Phi) is 3.83. The fourth-order valence-electron chi connectivity index (χ4n) is 1.29. The smallest absolute Gasteiger partial charge is 0.262 e. The zero-order chi connectivity index (χ0) is 13.0. The highest BCUT2D eigenvalue weighted by Crippen LogP contribution is 2.15. The van der Waals surface area contributed by atoms with Gasteiger partial charge in [0, 0.05) is 13.6 Å². The van der Waals surface area contributed by atoms with E-state index in [1.807, 2.05) is 25.3 Å². The Bertz CT molecular complexity index is 572. The molecule has 94 valence electrons. The number of thiazole rings is 1. The fourth-order valence-corrected chi connectivity index (χ4v) is 2.06. The topological polar surface area (TPSA) is 72.7 Å². The number of carbonyl (C=O) groups is 1. The van der Waals surface area contributed by atoms with Crippen LogP contribution in [0.2, 0.25) is 0 Å². The van der Waals surface area contributed by atoms with Gasteiger partial charge in [0.2, 0.25) is 0 Å². The lowest BCUT2D eigenvalue weighted by Crippen LogP contribution is -2.16. The minimum atomic E-state index is -0.121. The standard InChI is InChI=1S/C11H13N5OS/c1-3-16-7-8(14-15-16)4-5-10-13-6-9(18-10)11(17)12-2/h4-7H,3H2,1-2H3,(H,12,17)/b5-4+. The molecule has 0 fully saturated rings. The highest BCUT2D eigenvalue weighted by atomic mass is 32.1. The van der Waals surface area contributed by atoms with Crippen molar-refractivity contribution in [3.8, 4) is 0 Å². The molecule has 0 unspecified atom stereocenters. The van der Waals surface area contributed by atoms with Crippen molar-refractivity contribution in [3.63, 3.8) is 0 Å². The van der Waals surface area contributed by atoms with Crippen molar-refractivity contribution in [2.75, 3.05) is 7.05 Å². The van der Waals surface area contributed by atoms with Crippen LogP contribution in [0.3, 0.4) is 0 Å². The quantitative estimate of drug-likeness (QED) is 0.902. The molecule has 0 saturated heterocycles. The van der Waals surface area contributed by atoms with E-state index in [4.69, 9.17) is 0 Å². The van der Waals surface area contributed by atoms with Crippen LogP contribution in [0.15, 0.2) is 12.4 Å². The summed E-state index contributed by atoms with van der Waals surface area (Å²) in [4.78, 5) is 16.1. The minimum Gasteiger partial charge on any atom is -0.354 e. The number of hydrogen-bond donors (Lipinski definition) is 1. The summed E-state index contributed by atoms with van der Waals surface area (Å²) in [6.45, 7) is 2.79. The van der Waals surface area contributed by atoms with Crippen molar-refractivity contribution in [1.29, 1.82) is 0 Å². The number of aryl methyl sites for hydroxylation is 1. The Morgan fingerprint density at radius 1 is 1.56 bits per heavy atom. The molecule has 2 rings (SSSR count). The van der Waals surface area contributed by atoms with Crippen molar-refractivity contribution in [2.24, 2.45) is 0 Å². The van der Waals surface area contributed by atoms with Crippen LogP contribution in [0.25, 0.3) is 12.2 Å². The van der Waals surface area contributed by atoms with E-state index in [1.54, 1.807) is 17.9 Å². The number of nitrogens with zero attached hydrogens (tertiary/aromatic N) is 4. The molecule has 0 aromatic carbocycles. The molecule has 2 heterocycles. The predicted octanol–water partition coefficient (Wildman–Crippen LogP) is 1.28. The van der Waals surface area contributed by atoms with Crippen molar-refractivity contribution in [3.05, 3.63) is 28.0 Å². The van der Waals surface area contributed by atoms with Crippen LogP contribution >= 0.6 is 11.3 Å². The lowest BCUT2D eigenvalue weighted by atomic mass is 10.4. The van der Waals surface area contributed by atoms with Gasteiger partial charge in [-0.15, -0.1) is 16.4 Å². The van der Waals surface area contributed by atoms with Crippen molar-refractivity contribution in [2.45, 2.75) is 13.5 Å². The van der Waals surface area contributed by atoms with Crippen molar-refractivity contribution < 1.29 is 4.79 Å². The molecule has 1 amide bonds. The molecule has 2 aromatic rings. The second kappa shape index (κ2) is 5.54. The number of aromatic nitrogens is 4. The second-order valence-electron chi connectivity index (χ2n) is 3.47. The lowest BCUT2D eigenvalue weighted by molar-refractivity contribution is 0.0967. The largest absolute Gasteiger partial charge is 0.354 e. The molecule has 18 heavy (non-hydrogen) atoms. The molecule has 2 aromatic heterocycles. The fraction of sp³-hybridized carbons (Fsp3) is 0.273. The number of rotatable bonds is 4. The second-order valence-corrected chi connectivity index (χ2v) is 4.54. The first-order valence-corrected chi connectivity index (χ1v) is 6.30. The summed E-state index contributed by atoms with van der Waals surface area (Å²) in [7, 11) is 1.60. The van der Waals surface area contributed by atoms with E-state index in [0.717, 1.165) is 17.2 Å². The van der Waals surface area contributed by atoms with E-state index < -0.39 is 0 Å². The first kappa shape index (κ1) is 12.4. The molecular weight excluding hydrogens is 250 g/mol. The van der Waals surface area contributed by atoms with E-state index in [0.29, 0.717) is 4.88 Å². The van der Waals surface area contributed by atoms with E-state index in [9.17, 15) is 4.79 Å². The normalized spacial score (nSPS) is 11.0. The van der Waals surface area contributed by atoms with Gasteiger partial charge in [0.1, 0.15) is 15.6 Å². The zero-order valence-electron chi connectivity index (χ0n) is 10.1. The Morgan fingerprint density at radius 3 is 3.06 bits per heavy atom. The van der Waals surface area contributed by atoms with Crippen LogP contribution < -0.4 is 5.32 Å². The molecule has 6 nitrogen and oxygen atoms in total. The van der Waals surface area contributed by atoms with Gasteiger partial charge in [-0.1, -0.05) is 5.21 Å². The Labute approximate surface area is 108 Å². The Balaban J connectivity index is 2.09. The van der Waals surface area contributed by atoms with E-state index in [1.165, 1.54) is 11.3 Å². The van der Waals surface area contributed by atoms with Crippen LogP contribution in [0.5, 0.6) is 0 Å². The maximum absolute atomic E-state index is 11.4. The summed E-state index contributed by atoms with van der Waals surface area (Å²) >= 11 is 1.33. The van der Waals surface area contributed by atoms with Crippen molar-refractivity contribution in [1.82, 2.24) is 25.3 Å². The van der Waals surface area contributed by atoms with Crippen LogP contribution in [0, 0.1) is 0 Å². The third-order valence-corrected chi connectivity index (χ3v) is 3.21. The van der Waals surface area contributed by atoms with Gasteiger partial charge in [0.15, 0.2) is 0 Å². The molecule has 0 aliphatic rings. The zero-order valence-corrected chi connectivity index (χ0v) is 10.9. The lowest BCUT2D eigenvalue weighted by Gasteiger charge is -1.90. The van der Waals surface area contributed by atoms with Gasteiger partial charge in [0.05, 0.1) is 12.4 Å². The molecule has 0 aliphatic heterocycles. The molecule has 0 bridgehead atoms. The van der Waals surface area contributed by atoms with Gasteiger partial charge in [0.25, 0.3) is 5.91 Å². The molecule has 0 aliphatic carbocycles. The van der Waals surface area contributed by atoms with Crippen LogP contribution in [0.1, 0.15) is 27.3 Å². The number of hydrogen-bond acceptors (Lipinski definition) is 5. The summed E-state index contributed by atoms with van der Waals surface area (Å²) < 4.78 is 1.75.